The van der Waals surface area contributed by atoms with Crippen molar-refractivity contribution in [2.75, 3.05) is 0 Å². The summed E-state index contributed by atoms with van der Waals surface area (Å²) in [4.78, 5) is 0. The van der Waals surface area contributed by atoms with E-state index in [-0.39, 0.29) is 0 Å². The summed E-state index contributed by atoms with van der Waals surface area (Å²) in [5, 5.41) is 0. The van der Waals surface area contributed by atoms with Gasteiger partial charge in [0.05, 0.1) is 0 Å². The van der Waals surface area contributed by atoms with E-state index in [1.54, 1.807) is 5.57 Å². The van der Waals surface area contributed by atoms with Crippen molar-refractivity contribution in [2.45, 2.75) is 78.6 Å². The van der Waals surface area contributed by atoms with Crippen LogP contribution >= 0.6 is 0 Å². The Morgan fingerprint density at radius 3 is 2.14 bits per heavy atom. The Morgan fingerprint density at radius 1 is 0.857 bits per heavy atom. The summed E-state index contributed by atoms with van der Waals surface area (Å²) in [5.41, 5.74) is 1.60. The lowest BCUT2D eigenvalue weighted by molar-refractivity contribution is 0.635. The van der Waals surface area contributed by atoms with Gasteiger partial charge in [-0.2, -0.15) is 0 Å². The first-order valence-corrected chi connectivity index (χ1v) is 6.46. The molecule has 0 bridgehead atoms. The van der Waals surface area contributed by atoms with Crippen molar-refractivity contribution in [3.05, 3.63) is 11.6 Å². The van der Waals surface area contributed by atoms with E-state index in [0.717, 1.165) is 0 Å². The minimum atomic E-state index is 1.30. The SMILES string of the molecule is CCCCCCC/C=C(\C)CCCC. The molecular weight excluding hydrogens is 168 g/mol. The van der Waals surface area contributed by atoms with Gasteiger partial charge in [0, 0.05) is 0 Å². The molecule has 0 amide bonds. The molecule has 0 atom stereocenters. The van der Waals surface area contributed by atoms with Gasteiger partial charge in [0.1, 0.15) is 0 Å². The van der Waals surface area contributed by atoms with Crippen molar-refractivity contribution in [1.82, 2.24) is 0 Å². The summed E-state index contributed by atoms with van der Waals surface area (Å²) >= 11 is 0. The predicted octanol–water partition coefficient (Wildman–Crippen LogP) is 5.48. The van der Waals surface area contributed by atoms with Gasteiger partial charge in [-0.1, -0.05) is 57.6 Å². The normalized spacial score (nSPS) is 12.1. The molecule has 0 fully saturated rings. The average Bonchev–Trinajstić information content (AvgIpc) is 2.20. The summed E-state index contributed by atoms with van der Waals surface area (Å²) < 4.78 is 0. The van der Waals surface area contributed by atoms with Crippen molar-refractivity contribution >= 4 is 0 Å². The number of hydrogen-bond acceptors (Lipinski definition) is 0. The zero-order chi connectivity index (χ0) is 10.6. The maximum Gasteiger partial charge on any atom is -0.0323 e. The summed E-state index contributed by atoms with van der Waals surface area (Å²) in [6.07, 6.45) is 14.8. The molecular formula is C14H28. The molecule has 0 saturated carbocycles. The molecule has 84 valence electrons. The Kier molecular flexibility index (Phi) is 10.6. The Balaban J connectivity index is 3.23. The molecule has 0 aliphatic heterocycles. The first-order chi connectivity index (χ1) is 6.81. The van der Waals surface area contributed by atoms with Crippen LogP contribution in [0, 0.1) is 0 Å². The maximum atomic E-state index is 2.45. The number of hydrogen-bond donors (Lipinski definition) is 0. The number of rotatable bonds is 9. The van der Waals surface area contributed by atoms with E-state index in [9.17, 15) is 0 Å². The van der Waals surface area contributed by atoms with E-state index >= 15 is 0 Å². The standard InChI is InChI=1S/C14H28/c1-4-6-8-9-10-11-13-14(3)12-7-5-2/h13H,4-12H2,1-3H3/b14-13+. The van der Waals surface area contributed by atoms with Crippen LogP contribution in [0.5, 0.6) is 0 Å². The van der Waals surface area contributed by atoms with Gasteiger partial charge in [-0.25, -0.2) is 0 Å². The van der Waals surface area contributed by atoms with E-state index in [1.165, 1.54) is 57.8 Å². The third kappa shape index (κ3) is 9.83. The summed E-state index contributed by atoms with van der Waals surface area (Å²) in [6, 6.07) is 0. The summed E-state index contributed by atoms with van der Waals surface area (Å²) in [6.45, 7) is 6.81. The highest BCUT2D eigenvalue weighted by atomic mass is 14.0. The highest BCUT2D eigenvalue weighted by molar-refractivity contribution is 4.97. The smallest absolute Gasteiger partial charge is 0.0323 e. The predicted molar refractivity (Wildman–Crippen MR) is 66.7 cm³/mol. The Bertz CT molecular complexity index is 133. The molecule has 0 spiro atoms. The molecule has 0 unspecified atom stereocenters. The van der Waals surface area contributed by atoms with Crippen LogP contribution in [0.4, 0.5) is 0 Å². The van der Waals surface area contributed by atoms with Crippen LogP contribution < -0.4 is 0 Å². The molecule has 0 nitrogen and oxygen atoms in total. The van der Waals surface area contributed by atoms with Crippen LogP contribution in [0.15, 0.2) is 11.6 Å². The molecule has 14 heavy (non-hydrogen) atoms. The molecule has 0 heteroatoms. The monoisotopic (exact) mass is 196 g/mol. The van der Waals surface area contributed by atoms with E-state index in [0.29, 0.717) is 0 Å². The van der Waals surface area contributed by atoms with Crippen molar-refractivity contribution in [1.29, 1.82) is 0 Å². The Morgan fingerprint density at radius 2 is 1.50 bits per heavy atom. The molecule has 0 aromatic rings. The van der Waals surface area contributed by atoms with Gasteiger partial charge in [-0.05, 0) is 32.6 Å². The third-order valence-corrected chi connectivity index (χ3v) is 2.73. The minimum Gasteiger partial charge on any atom is -0.0856 e. The second-order valence-electron chi connectivity index (χ2n) is 4.36. The van der Waals surface area contributed by atoms with Gasteiger partial charge in [0.2, 0.25) is 0 Å². The van der Waals surface area contributed by atoms with Crippen LogP contribution in [0.1, 0.15) is 78.6 Å². The summed E-state index contributed by atoms with van der Waals surface area (Å²) in [5.74, 6) is 0. The lowest BCUT2D eigenvalue weighted by Crippen LogP contribution is -1.80. The topological polar surface area (TPSA) is 0 Å². The van der Waals surface area contributed by atoms with Crippen molar-refractivity contribution < 1.29 is 0 Å². The lowest BCUT2D eigenvalue weighted by atomic mass is 10.1. The van der Waals surface area contributed by atoms with Crippen molar-refractivity contribution in [3.8, 4) is 0 Å². The van der Waals surface area contributed by atoms with Crippen LogP contribution in [0.2, 0.25) is 0 Å². The maximum absolute atomic E-state index is 2.45. The lowest BCUT2D eigenvalue weighted by Gasteiger charge is -2.00. The summed E-state index contributed by atoms with van der Waals surface area (Å²) in [7, 11) is 0. The van der Waals surface area contributed by atoms with Crippen LogP contribution in [0.3, 0.4) is 0 Å². The molecule has 0 heterocycles. The first-order valence-electron chi connectivity index (χ1n) is 6.46. The van der Waals surface area contributed by atoms with E-state index < -0.39 is 0 Å². The third-order valence-electron chi connectivity index (χ3n) is 2.73. The average molecular weight is 196 g/mol. The Labute approximate surface area is 90.8 Å². The number of allylic oxidation sites excluding steroid dienone is 2. The zero-order valence-corrected chi connectivity index (χ0v) is 10.4. The molecule has 0 saturated heterocycles. The van der Waals surface area contributed by atoms with E-state index in [4.69, 9.17) is 0 Å². The highest BCUT2D eigenvalue weighted by Crippen LogP contribution is 2.10. The largest absolute Gasteiger partial charge is 0.0856 e. The van der Waals surface area contributed by atoms with Crippen molar-refractivity contribution in [2.24, 2.45) is 0 Å². The molecule has 0 radical (unpaired) electrons. The fraction of sp³-hybridized carbons (Fsp3) is 0.857. The second kappa shape index (κ2) is 10.8. The second-order valence-corrected chi connectivity index (χ2v) is 4.36. The molecule has 0 aromatic heterocycles. The number of unbranched alkanes of at least 4 members (excludes halogenated alkanes) is 6. The van der Waals surface area contributed by atoms with Crippen LogP contribution in [-0.4, -0.2) is 0 Å². The fourth-order valence-corrected chi connectivity index (χ4v) is 1.65. The van der Waals surface area contributed by atoms with Gasteiger partial charge in [0.25, 0.3) is 0 Å². The highest BCUT2D eigenvalue weighted by Gasteiger charge is 1.90. The van der Waals surface area contributed by atoms with Crippen LogP contribution in [-0.2, 0) is 0 Å². The zero-order valence-electron chi connectivity index (χ0n) is 10.4. The van der Waals surface area contributed by atoms with Crippen molar-refractivity contribution in [3.63, 3.8) is 0 Å². The van der Waals surface area contributed by atoms with Crippen LogP contribution in [0.25, 0.3) is 0 Å². The Hall–Kier alpha value is -0.260. The van der Waals surface area contributed by atoms with Gasteiger partial charge in [0.15, 0.2) is 0 Å². The quantitative estimate of drug-likeness (QED) is 0.338. The van der Waals surface area contributed by atoms with Gasteiger partial charge in [-0.3, -0.25) is 0 Å². The van der Waals surface area contributed by atoms with Gasteiger partial charge >= 0.3 is 0 Å². The van der Waals surface area contributed by atoms with Gasteiger partial charge < -0.3 is 0 Å². The molecule has 0 N–H and O–H groups in total. The van der Waals surface area contributed by atoms with E-state index in [1.807, 2.05) is 0 Å². The molecule has 0 aliphatic rings. The first kappa shape index (κ1) is 13.7. The molecule has 0 aromatic carbocycles. The van der Waals surface area contributed by atoms with E-state index in [2.05, 4.69) is 26.8 Å². The van der Waals surface area contributed by atoms with Gasteiger partial charge in [-0.15, -0.1) is 0 Å². The minimum absolute atomic E-state index is 1.30. The fourth-order valence-electron chi connectivity index (χ4n) is 1.65. The molecule has 0 aliphatic carbocycles. The molecule has 0 rings (SSSR count).